The summed E-state index contributed by atoms with van der Waals surface area (Å²) in [5.41, 5.74) is 0.306. The molecule has 2 rings (SSSR count). The number of nitrogens with one attached hydrogen (secondary N) is 1. The van der Waals surface area contributed by atoms with Crippen LogP contribution in [0.5, 0.6) is 5.75 Å². The van der Waals surface area contributed by atoms with Crippen molar-refractivity contribution in [3.05, 3.63) is 23.3 Å². The molecule has 0 atom stereocenters. The van der Waals surface area contributed by atoms with E-state index in [1.807, 2.05) is 6.92 Å². The number of hydrogen-bond donors (Lipinski definition) is 1. The molecule has 5 heteroatoms. The van der Waals surface area contributed by atoms with Crippen molar-refractivity contribution < 1.29 is 17.9 Å². The van der Waals surface area contributed by atoms with Crippen LogP contribution < -0.4 is 10.1 Å². The Morgan fingerprint density at radius 2 is 2.11 bits per heavy atom. The molecule has 1 heterocycles. The van der Waals surface area contributed by atoms with Gasteiger partial charge in [0.1, 0.15) is 5.75 Å². The lowest BCUT2D eigenvalue weighted by atomic mass is 9.96. The number of benzene rings is 1. The van der Waals surface area contributed by atoms with E-state index in [1.165, 1.54) is 6.07 Å². The normalized spacial score (nSPS) is 14.9. The summed E-state index contributed by atoms with van der Waals surface area (Å²) in [5, 5.41) is 3.03. The molecule has 1 aliphatic rings. The lowest BCUT2D eigenvalue weighted by Crippen LogP contribution is -2.19. The fourth-order valence-corrected chi connectivity index (χ4v) is 2.16. The summed E-state index contributed by atoms with van der Waals surface area (Å²) in [6.45, 7) is 3.17. The Morgan fingerprint density at radius 1 is 1.33 bits per heavy atom. The highest BCUT2D eigenvalue weighted by Gasteiger charge is 2.35. The fraction of sp³-hybridized carbons (Fsp3) is 0.538. The first-order chi connectivity index (χ1) is 8.54. The lowest BCUT2D eigenvalue weighted by molar-refractivity contribution is -0.138. The number of alkyl halides is 3. The number of anilines is 1. The van der Waals surface area contributed by atoms with E-state index in [1.54, 1.807) is 0 Å². The molecule has 18 heavy (non-hydrogen) atoms. The van der Waals surface area contributed by atoms with Gasteiger partial charge in [-0.2, -0.15) is 13.2 Å². The van der Waals surface area contributed by atoms with Crippen molar-refractivity contribution in [2.75, 3.05) is 18.5 Å². The minimum atomic E-state index is -4.30. The monoisotopic (exact) mass is 259 g/mol. The maximum absolute atomic E-state index is 12.9. The standard InChI is InChI=1S/C13H16F3NO/c1-2-8-18-11-6-5-10(13(14,15)16)9-4-3-7-17-12(9)11/h5-6,17H,2-4,7-8H2,1H3. The van der Waals surface area contributed by atoms with Gasteiger partial charge in [0, 0.05) is 6.54 Å². The Morgan fingerprint density at radius 3 is 2.78 bits per heavy atom. The van der Waals surface area contributed by atoms with Gasteiger partial charge < -0.3 is 10.1 Å². The summed E-state index contributed by atoms with van der Waals surface area (Å²) in [5.74, 6) is 0.527. The number of ether oxygens (including phenoxy) is 1. The maximum Gasteiger partial charge on any atom is 0.416 e. The van der Waals surface area contributed by atoms with Gasteiger partial charge in [-0.3, -0.25) is 0 Å². The molecule has 100 valence electrons. The zero-order chi connectivity index (χ0) is 13.2. The quantitative estimate of drug-likeness (QED) is 0.890. The number of halogens is 3. The Kier molecular flexibility index (Phi) is 3.68. The first-order valence-corrected chi connectivity index (χ1v) is 6.13. The number of fused-ring (bicyclic) bond motifs is 1. The van der Waals surface area contributed by atoms with Crippen LogP contribution in [0.3, 0.4) is 0 Å². The smallest absolute Gasteiger partial charge is 0.416 e. The second kappa shape index (κ2) is 5.08. The predicted molar refractivity (Wildman–Crippen MR) is 64.0 cm³/mol. The Labute approximate surface area is 104 Å². The molecule has 0 saturated heterocycles. The zero-order valence-electron chi connectivity index (χ0n) is 10.2. The third-order valence-electron chi connectivity index (χ3n) is 2.95. The molecule has 0 unspecified atom stereocenters. The van der Waals surface area contributed by atoms with Crippen molar-refractivity contribution in [2.45, 2.75) is 32.4 Å². The van der Waals surface area contributed by atoms with Gasteiger partial charge in [0.2, 0.25) is 0 Å². The summed E-state index contributed by atoms with van der Waals surface area (Å²) < 4.78 is 44.2. The van der Waals surface area contributed by atoms with E-state index in [4.69, 9.17) is 4.74 Å². The van der Waals surface area contributed by atoms with Crippen LogP contribution in [0.4, 0.5) is 18.9 Å². The largest absolute Gasteiger partial charge is 0.491 e. The average molecular weight is 259 g/mol. The first kappa shape index (κ1) is 13.1. The van der Waals surface area contributed by atoms with Gasteiger partial charge in [0.25, 0.3) is 0 Å². The Balaban J connectivity index is 2.42. The van der Waals surface area contributed by atoms with Crippen molar-refractivity contribution >= 4 is 5.69 Å². The van der Waals surface area contributed by atoms with Gasteiger partial charge in [0.05, 0.1) is 17.9 Å². The van der Waals surface area contributed by atoms with E-state index < -0.39 is 11.7 Å². The predicted octanol–water partition coefficient (Wildman–Crippen LogP) is 3.85. The molecule has 1 aliphatic heterocycles. The molecule has 0 aliphatic carbocycles. The van der Waals surface area contributed by atoms with Crippen LogP contribution in [0.1, 0.15) is 30.9 Å². The zero-order valence-corrected chi connectivity index (χ0v) is 10.2. The van der Waals surface area contributed by atoms with Crippen LogP contribution in [0, 0.1) is 0 Å². The highest BCUT2D eigenvalue weighted by molar-refractivity contribution is 5.66. The molecule has 1 aromatic rings. The second-order valence-corrected chi connectivity index (χ2v) is 4.34. The molecule has 0 bridgehead atoms. The molecule has 0 amide bonds. The number of hydrogen-bond acceptors (Lipinski definition) is 2. The molecule has 1 aromatic carbocycles. The topological polar surface area (TPSA) is 21.3 Å². The van der Waals surface area contributed by atoms with Gasteiger partial charge in [-0.25, -0.2) is 0 Å². The van der Waals surface area contributed by atoms with Crippen molar-refractivity contribution in [3.63, 3.8) is 0 Å². The third-order valence-corrected chi connectivity index (χ3v) is 2.95. The molecule has 2 nitrogen and oxygen atoms in total. The third kappa shape index (κ3) is 2.54. The number of rotatable bonds is 3. The average Bonchev–Trinajstić information content (AvgIpc) is 2.34. The van der Waals surface area contributed by atoms with E-state index in [-0.39, 0.29) is 0 Å². The van der Waals surface area contributed by atoms with Crippen LogP contribution in [0.2, 0.25) is 0 Å². The molecular formula is C13H16F3NO. The molecule has 0 radical (unpaired) electrons. The summed E-state index contributed by atoms with van der Waals surface area (Å²) in [6.07, 6.45) is -2.31. The van der Waals surface area contributed by atoms with Gasteiger partial charge in [0.15, 0.2) is 0 Å². The molecule has 0 spiro atoms. The van der Waals surface area contributed by atoms with Crippen molar-refractivity contribution in [1.82, 2.24) is 0 Å². The second-order valence-electron chi connectivity index (χ2n) is 4.34. The highest BCUT2D eigenvalue weighted by Crippen LogP contribution is 2.41. The first-order valence-electron chi connectivity index (χ1n) is 6.13. The summed E-state index contributed by atoms with van der Waals surface area (Å²) >= 11 is 0. The van der Waals surface area contributed by atoms with Gasteiger partial charge in [-0.15, -0.1) is 0 Å². The molecule has 0 saturated carbocycles. The van der Waals surface area contributed by atoms with Gasteiger partial charge in [-0.1, -0.05) is 6.92 Å². The van der Waals surface area contributed by atoms with Gasteiger partial charge in [-0.05, 0) is 37.0 Å². The van der Waals surface area contributed by atoms with E-state index in [9.17, 15) is 13.2 Å². The van der Waals surface area contributed by atoms with Crippen LogP contribution in [-0.4, -0.2) is 13.2 Å². The fourth-order valence-electron chi connectivity index (χ4n) is 2.16. The molecule has 0 aromatic heterocycles. The van der Waals surface area contributed by atoms with E-state index in [0.29, 0.717) is 43.0 Å². The lowest BCUT2D eigenvalue weighted by Gasteiger charge is -2.24. The van der Waals surface area contributed by atoms with Crippen molar-refractivity contribution in [3.8, 4) is 5.75 Å². The maximum atomic E-state index is 12.9. The van der Waals surface area contributed by atoms with E-state index in [0.717, 1.165) is 12.5 Å². The SMILES string of the molecule is CCCOc1ccc(C(F)(F)F)c2c1NCCC2. The molecular weight excluding hydrogens is 243 g/mol. The van der Waals surface area contributed by atoms with Crippen molar-refractivity contribution in [1.29, 1.82) is 0 Å². The summed E-state index contributed by atoms with van der Waals surface area (Å²) in [4.78, 5) is 0. The van der Waals surface area contributed by atoms with Crippen LogP contribution in [0.15, 0.2) is 12.1 Å². The van der Waals surface area contributed by atoms with Crippen LogP contribution >= 0.6 is 0 Å². The van der Waals surface area contributed by atoms with Crippen molar-refractivity contribution in [2.24, 2.45) is 0 Å². The van der Waals surface area contributed by atoms with Gasteiger partial charge >= 0.3 is 6.18 Å². The Bertz CT molecular complexity index is 429. The van der Waals surface area contributed by atoms with Crippen LogP contribution in [0.25, 0.3) is 0 Å². The minimum absolute atomic E-state index is 0.336. The summed E-state index contributed by atoms with van der Waals surface area (Å²) in [6, 6.07) is 2.53. The van der Waals surface area contributed by atoms with E-state index in [2.05, 4.69) is 5.32 Å². The molecule has 0 fully saturated rings. The van der Waals surface area contributed by atoms with Crippen LogP contribution in [-0.2, 0) is 12.6 Å². The highest BCUT2D eigenvalue weighted by atomic mass is 19.4. The Hall–Kier alpha value is -1.39. The van der Waals surface area contributed by atoms with E-state index >= 15 is 0 Å². The summed E-state index contributed by atoms with van der Waals surface area (Å²) in [7, 11) is 0. The minimum Gasteiger partial charge on any atom is -0.491 e. The molecule has 1 N–H and O–H groups in total.